The van der Waals surface area contributed by atoms with Gasteiger partial charge in [-0.1, -0.05) is 6.07 Å². The number of carbonyl (C=O) groups is 1. The molecule has 23 heavy (non-hydrogen) atoms. The van der Waals surface area contributed by atoms with Crippen LogP contribution in [0.4, 0.5) is 15.8 Å². The molecule has 0 aliphatic carbocycles. The summed E-state index contributed by atoms with van der Waals surface area (Å²) in [6.45, 7) is 1.64. The largest absolute Gasteiger partial charge is 0.395 e. The van der Waals surface area contributed by atoms with E-state index in [0.717, 1.165) is 5.56 Å². The van der Waals surface area contributed by atoms with Gasteiger partial charge in [0.1, 0.15) is 5.82 Å². The maximum atomic E-state index is 14.0. The summed E-state index contributed by atoms with van der Waals surface area (Å²) in [6.07, 6.45) is 1.36. The number of pyridine rings is 1. The predicted octanol–water partition coefficient (Wildman–Crippen LogP) is 1.30. The second-order valence-electron chi connectivity index (χ2n) is 5.14. The van der Waals surface area contributed by atoms with E-state index >= 15 is 0 Å². The Morgan fingerprint density at radius 1 is 1.30 bits per heavy atom. The fourth-order valence-corrected chi connectivity index (χ4v) is 2.05. The molecule has 0 saturated heterocycles. The lowest BCUT2D eigenvalue weighted by Gasteiger charge is -2.14. The lowest BCUT2D eigenvalue weighted by Crippen LogP contribution is -2.29. The molecule has 0 bridgehead atoms. The molecule has 0 fully saturated rings. The standard InChI is InChI=1S/C16H18FN3O3/c1-10-3-4-13(12(17)7-10)19-14-8-15(22)20(2)9-11(14)16(23)18-5-6-21/h3-4,7-9,19,21H,5-6H2,1-2H3,(H,18,23). The molecule has 2 aromatic rings. The fourth-order valence-electron chi connectivity index (χ4n) is 2.05. The summed E-state index contributed by atoms with van der Waals surface area (Å²) in [7, 11) is 1.52. The van der Waals surface area contributed by atoms with Crippen LogP contribution in [0.1, 0.15) is 15.9 Å². The highest BCUT2D eigenvalue weighted by Gasteiger charge is 2.14. The highest BCUT2D eigenvalue weighted by molar-refractivity contribution is 6.00. The minimum Gasteiger partial charge on any atom is -0.395 e. The van der Waals surface area contributed by atoms with Crippen LogP contribution in [-0.4, -0.2) is 28.7 Å². The van der Waals surface area contributed by atoms with Crippen molar-refractivity contribution in [3.8, 4) is 0 Å². The smallest absolute Gasteiger partial charge is 0.254 e. The van der Waals surface area contributed by atoms with Gasteiger partial charge in [0, 0.05) is 25.9 Å². The molecular formula is C16H18FN3O3. The lowest BCUT2D eigenvalue weighted by molar-refractivity contribution is 0.0945. The number of nitrogens with zero attached hydrogens (tertiary/aromatic N) is 1. The Morgan fingerprint density at radius 2 is 2.04 bits per heavy atom. The molecule has 0 atom stereocenters. The summed E-state index contributed by atoms with van der Waals surface area (Å²) >= 11 is 0. The number of rotatable bonds is 5. The van der Waals surface area contributed by atoms with E-state index in [1.807, 2.05) is 0 Å². The van der Waals surface area contributed by atoms with Gasteiger partial charge < -0.3 is 20.3 Å². The Morgan fingerprint density at radius 3 is 2.70 bits per heavy atom. The first-order valence-corrected chi connectivity index (χ1v) is 7.05. The zero-order valence-corrected chi connectivity index (χ0v) is 12.9. The molecule has 1 amide bonds. The zero-order chi connectivity index (χ0) is 17.0. The summed E-state index contributed by atoms with van der Waals surface area (Å²) in [5.74, 6) is -0.947. The van der Waals surface area contributed by atoms with E-state index in [4.69, 9.17) is 5.11 Å². The summed E-state index contributed by atoms with van der Waals surface area (Å²) in [6, 6.07) is 5.84. The maximum Gasteiger partial charge on any atom is 0.254 e. The van der Waals surface area contributed by atoms with Crippen LogP contribution < -0.4 is 16.2 Å². The van der Waals surface area contributed by atoms with Gasteiger partial charge in [0.05, 0.1) is 23.5 Å². The molecular weight excluding hydrogens is 301 g/mol. The SMILES string of the molecule is Cc1ccc(Nc2cc(=O)n(C)cc2C(=O)NCCO)c(F)c1. The van der Waals surface area contributed by atoms with Crippen LogP contribution in [0.15, 0.2) is 35.3 Å². The van der Waals surface area contributed by atoms with E-state index in [9.17, 15) is 14.0 Å². The van der Waals surface area contributed by atoms with E-state index in [-0.39, 0.29) is 35.6 Å². The van der Waals surface area contributed by atoms with Gasteiger partial charge in [0.15, 0.2) is 0 Å². The first-order valence-electron chi connectivity index (χ1n) is 7.05. The number of anilines is 2. The lowest BCUT2D eigenvalue weighted by atomic mass is 10.1. The molecule has 0 saturated carbocycles. The Labute approximate surface area is 132 Å². The van der Waals surface area contributed by atoms with Crippen molar-refractivity contribution < 1.29 is 14.3 Å². The van der Waals surface area contributed by atoms with Crippen LogP contribution in [0.2, 0.25) is 0 Å². The van der Waals surface area contributed by atoms with Crippen LogP contribution in [-0.2, 0) is 7.05 Å². The van der Waals surface area contributed by atoms with Gasteiger partial charge >= 0.3 is 0 Å². The van der Waals surface area contributed by atoms with E-state index < -0.39 is 11.7 Å². The van der Waals surface area contributed by atoms with Gasteiger partial charge in [-0.3, -0.25) is 9.59 Å². The summed E-state index contributed by atoms with van der Waals surface area (Å²) in [4.78, 5) is 24.0. The third kappa shape index (κ3) is 3.95. The molecule has 1 aromatic heterocycles. The van der Waals surface area contributed by atoms with Gasteiger partial charge in [-0.05, 0) is 24.6 Å². The van der Waals surface area contributed by atoms with Crippen LogP contribution in [0.25, 0.3) is 0 Å². The highest BCUT2D eigenvalue weighted by atomic mass is 19.1. The molecule has 2 rings (SSSR count). The van der Waals surface area contributed by atoms with Crippen molar-refractivity contribution >= 4 is 17.3 Å². The molecule has 0 aliphatic rings. The summed E-state index contributed by atoms with van der Waals surface area (Å²) in [5.41, 5.74) is 0.976. The molecule has 0 unspecified atom stereocenters. The molecule has 0 spiro atoms. The molecule has 122 valence electrons. The molecule has 3 N–H and O–H groups in total. The number of aryl methyl sites for hydroxylation is 2. The van der Waals surface area contributed by atoms with Crippen molar-refractivity contribution in [2.75, 3.05) is 18.5 Å². The molecule has 1 aromatic carbocycles. The number of halogens is 1. The Bertz CT molecular complexity index is 787. The monoisotopic (exact) mass is 319 g/mol. The van der Waals surface area contributed by atoms with Crippen molar-refractivity contribution in [1.82, 2.24) is 9.88 Å². The van der Waals surface area contributed by atoms with E-state index in [1.54, 1.807) is 13.0 Å². The normalized spacial score (nSPS) is 10.4. The number of benzene rings is 1. The van der Waals surface area contributed by atoms with Gasteiger partial charge in [0.25, 0.3) is 11.5 Å². The fraction of sp³-hybridized carbons (Fsp3) is 0.250. The van der Waals surface area contributed by atoms with Crippen molar-refractivity contribution in [2.45, 2.75) is 6.92 Å². The average Bonchev–Trinajstić information content (AvgIpc) is 2.50. The topological polar surface area (TPSA) is 83.4 Å². The van der Waals surface area contributed by atoms with Crippen LogP contribution in [0.5, 0.6) is 0 Å². The zero-order valence-electron chi connectivity index (χ0n) is 12.9. The third-order valence-electron chi connectivity index (χ3n) is 3.26. The third-order valence-corrected chi connectivity index (χ3v) is 3.26. The maximum absolute atomic E-state index is 14.0. The van der Waals surface area contributed by atoms with Crippen LogP contribution in [0.3, 0.4) is 0 Å². The van der Waals surface area contributed by atoms with Crippen LogP contribution in [0, 0.1) is 12.7 Å². The van der Waals surface area contributed by atoms with Crippen LogP contribution >= 0.6 is 0 Å². The van der Waals surface area contributed by atoms with Gasteiger partial charge in [-0.15, -0.1) is 0 Å². The predicted molar refractivity (Wildman–Crippen MR) is 85.5 cm³/mol. The summed E-state index contributed by atoms with van der Waals surface area (Å²) in [5, 5.41) is 14.1. The van der Waals surface area contributed by atoms with Gasteiger partial charge in [-0.25, -0.2) is 4.39 Å². The Hall–Kier alpha value is -2.67. The molecule has 1 heterocycles. The Kier molecular flexibility index (Phi) is 5.13. The number of hydrogen-bond acceptors (Lipinski definition) is 4. The van der Waals surface area contributed by atoms with Crippen molar-refractivity contribution in [1.29, 1.82) is 0 Å². The molecule has 7 heteroatoms. The minimum atomic E-state index is -0.479. The number of aliphatic hydroxyl groups is 1. The van der Waals surface area contributed by atoms with Gasteiger partial charge in [0.2, 0.25) is 0 Å². The van der Waals surface area contributed by atoms with Crippen molar-refractivity contribution in [2.24, 2.45) is 7.05 Å². The summed E-state index contributed by atoms with van der Waals surface area (Å²) < 4.78 is 15.2. The molecule has 6 nitrogen and oxygen atoms in total. The number of aliphatic hydroxyl groups excluding tert-OH is 1. The first kappa shape index (κ1) is 16.7. The molecule has 0 radical (unpaired) electrons. The second-order valence-corrected chi connectivity index (χ2v) is 5.14. The number of hydrogen-bond donors (Lipinski definition) is 3. The van der Waals surface area contributed by atoms with Crippen molar-refractivity contribution in [3.05, 3.63) is 57.8 Å². The number of amides is 1. The van der Waals surface area contributed by atoms with Gasteiger partial charge in [-0.2, -0.15) is 0 Å². The minimum absolute atomic E-state index is 0.0833. The van der Waals surface area contributed by atoms with E-state index in [0.29, 0.717) is 0 Å². The first-order chi connectivity index (χ1) is 10.9. The Balaban J connectivity index is 2.41. The van der Waals surface area contributed by atoms with E-state index in [2.05, 4.69) is 10.6 Å². The molecule has 0 aliphatic heterocycles. The number of aromatic nitrogens is 1. The second kappa shape index (κ2) is 7.06. The number of carbonyl (C=O) groups excluding carboxylic acids is 1. The highest BCUT2D eigenvalue weighted by Crippen LogP contribution is 2.22. The quantitative estimate of drug-likeness (QED) is 0.776. The van der Waals surface area contributed by atoms with Crippen molar-refractivity contribution in [3.63, 3.8) is 0 Å². The average molecular weight is 319 g/mol. The number of nitrogens with one attached hydrogen (secondary N) is 2. The van der Waals surface area contributed by atoms with E-state index in [1.165, 1.54) is 36.0 Å².